The predicted molar refractivity (Wildman–Crippen MR) is 71.7 cm³/mol. The Hall–Kier alpha value is -1.91. The number of nitrogens with zero attached hydrogens (tertiary/aromatic N) is 1. The van der Waals surface area contributed by atoms with E-state index < -0.39 is 0 Å². The molecule has 18 heavy (non-hydrogen) atoms. The van der Waals surface area contributed by atoms with E-state index >= 15 is 0 Å². The number of carbonyl (C=O) groups excluding carboxylic acids is 1. The Morgan fingerprint density at radius 3 is 2.94 bits per heavy atom. The van der Waals surface area contributed by atoms with E-state index in [9.17, 15) is 4.79 Å². The molecule has 0 spiro atoms. The highest BCUT2D eigenvalue weighted by atomic mass is 32.2. The van der Waals surface area contributed by atoms with Crippen LogP contribution in [0, 0.1) is 23.7 Å². The number of ether oxygens (including phenoxy) is 1. The van der Waals surface area contributed by atoms with Gasteiger partial charge in [0.1, 0.15) is 0 Å². The minimum atomic E-state index is -0.326. The molecule has 1 aromatic rings. The molecule has 1 rings (SSSR count). The molecule has 0 saturated carbocycles. The van der Waals surface area contributed by atoms with Crippen LogP contribution in [0.3, 0.4) is 0 Å². The van der Waals surface area contributed by atoms with Gasteiger partial charge < -0.3 is 4.74 Å². The molecule has 0 N–H and O–H groups in total. The third-order valence-corrected chi connectivity index (χ3v) is 3.43. The molecule has 0 aliphatic rings. The first-order valence-electron chi connectivity index (χ1n) is 5.38. The van der Waals surface area contributed by atoms with Crippen molar-refractivity contribution in [2.24, 2.45) is 0 Å². The Labute approximate surface area is 111 Å². The molecule has 0 radical (unpaired) electrons. The van der Waals surface area contributed by atoms with Crippen molar-refractivity contribution in [1.82, 2.24) is 0 Å². The number of esters is 1. The second-order valence-corrected chi connectivity index (χ2v) is 4.86. The predicted octanol–water partition coefficient (Wildman–Crippen LogP) is 2.36. The molecule has 1 unspecified atom stereocenters. The molecule has 0 aromatic heterocycles. The van der Waals surface area contributed by atoms with E-state index in [1.165, 1.54) is 11.8 Å². The Balaban J connectivity index is 2.53. The van der Waals surface area contributed by atoms with Crippen LogP contribution in [0.1, 0.15) is 18.1 Å². The van der Waals surface area contributed by atoms with E-state index in [2.05, 4.69) is 12.0 Å². The number of carbonyl (C=O) groups is 1. The molecule has 1 atom stereocenters. The SMILES string of the molecule is C#CCOC(=O)C(C)SCc1ccccc1C#N. The molecular weight excluding hydrogens is 246 g/mol. The van der Waals surface area contributed by atoms with Crippen molar-refractivity contribution in [3.8, 4) is 18.4 Å². The first-order chi connectivity index (χ1) is 8.69. The molecule has 92 valence electrons. The standard InChI is InChI=1S/C14H13NO2S/c1-3-8-17-14(16)11(2)18-10-13-7-5-4-6-12(13)9-15/h1,4-7,11H,8,10H2,2H3. The average molecular weight is 259 g/mol. The first kappa shape index (κ1) is 14.2. The minimum absolute atomic E-state index is 0.00147. The van der Waals surface area contributed by atoms with Crippen molar-refractivity contribution >= 4 is 17.7 Å². The van der Waals surface area contributed by atoms with Gasteiger partial charge in [-0.05, 0) is 18.6 Å². The summed E-state index contributed by atoms with van der Waals surface area (Å²) in [5, 5.41) is 8.64. The second kappa shape index (κ2) is 7.42. The van der Waals surface area contributed by atoms with Gasteiger partial charge in [0.15, 0.2) is 6.61 Å². The molecule has 3 nitrogen and oxygen atoms in total. The van der Waals surface area contributed by atoms with E-state index in [4.69, 9.17) is 16.4 Å². The fourth-order valence-corrected chi connectivity index (χ4v) is 2.15. The van der Waals surface area contributed by atoms with Gasteiger partial charge in [-0.25, -0.2) is 0 Å². The number of hydrogen-bond acceptors (Lipinski definition) is 4. The van der Waals surface area contributed by atoms with Gasteiger partial charge in [-0.1, -0.05) is 24.1 Å². The summed E-state index contributed by atoms with van der Waals surface area (Å²) in [4.78, 5) is 11.5. The molecule has 0 saturated heterocycles. The maximum atomic E-state index is 11.5. The highest BCUT2D eigenvalue weighted by molar-refractivity contribution is 7.99. The fourth-order valence-electron chi connectivity index (χ4n) is 1.27. The summed E-state index contributed by atoms with van der Waals surface area (Å²) in [5.41, 5.74) is 1.55. The van der Waals surface area contributed by atoms with Gasteiger partial charge in [0.25, 0.3) is 0 Å². The van der Waals surface area contributed by atoms with Crippen LogP contribution in [-0.4, -0.2) is 17.8 Å². The van der Waals surface area contributed by atoms with Gasteiger partial charge >= 0.3 is 5.97 Å². The molecule has 0 amide bonds. The minimum Gasteiger partial charge on any atom is -0.452 e. The highest BCUT2D eigenvalue weighted by Gasteiger charge is 2.15. The zero-order valence-electron chi connectivity index (χ0n) is 10.1. The van der Waals surface area contributed by atoms with E-state index in [0.29, 0.717) is 11.3 Å². The van der Waals surface area contributed by atoms with E-state index in [1.54, 1.807) is 13.0 Å². The van der Waals surface area contributed by atoms with Gasteiger partial charge in [0.05, 0.1) is 16.9 Å². The number of benzene rings is 1. The number of thioether (sulfide) groups is 1. The largest absolute Gasteiger partial charge is 0.452 e. The van der Waals surface area contributed by atoms with E-state index in [1.807, 2.05) is 18.2 Å². The average Bonchev–Trinajstić information content (AvgIpc) is 2.42. The fraction of sp³-hybridized carbons (Fsp3) is 0.286. The van der Waals surface area contributed by atoms with Gasteiger partial charge in [0.2, 0.25) is 0 Å². The number of terminal acetylenes is 1. The van der Waals surface area contributed by atoms with Crippen molar-refractivity contribution in [3.05, 3.63) is 35.4 Å². The van der Waals surface area contributed by atoms with Crippen LogP contribution < -0.4 is 0 Å². The van der Waals surface area contributed by atoms with Gasteiger partial charge in [0, 0.05) is 5.75 Å². The van der Waals surface area contributed by atoms with Crippen molar-refractivity contribution in [2.45, 2.75) is 17.9 Å². The molecular formula is C14H13NO2S. The van der Waals surface area contributed by atoms with Crippen molar-refractivity contribution < 1.29 is 9.53 Å². The van der Waals surface area contributed by atoms with Crippen LogP contribution in [0.4, 0.5) is 0 Å². The third-order valence-electron chi connectivity index (χ3n) is 2.26. The number of nitriles is 1. The summed E-state index contributed by atoms with van der Waals surface area (Å²) in [6, 6.07) is 9.46. The lowest BCUT2D eigenvalue weighted by atomic mass is 10.1. The molecule has 0 aliphatic heterocycles. The molecule has 0 bridgehead atoms. The van der Waals surface area contributed by atoms with Gasteiger partial charge in [-0.2, -0.15) is 5.26 Å². The summed E-state index contributed by atoms with van der Waals surface area (Å²) in [7, 11) is 0. The zero-order chi connectivity index (χ0) is 13.4. The number of rotatable bonds is 5. The van der Waals surface area contributed by atoms with Gasteiger partial charge in [-0.15, -0.1) is 18.2 Å². The van der Waals surface area contributed by atoms with E-state index in [0.717, 1.165) is 5.56 Å². The Kier molecular flexibility index (Phi) is 5.84. The quantitative estimate of drug-likeness (QED) is 0.601. The first-order valence-corrected chi connectivity index (χ1v) is 6.43. The zero-order valence-corrected chi connectivity index (χ0v) is 10.9. The molecule has 0 heterocycles. The third kappa shape index (κ3) is 4.16. The lowest BCUT2D eigenvalue weighted by Crippen LogP contribution is -2.17. The van der Waals surface area contributed by atoms with Crippen LogP contribution in [0.25, 0.3) is 0 Å². The lowest BCUT2D eigenvalue weighted by Gasteiger charge is -2.10. The molecule has 0 aliphatic carbocycles. The van der Waals surface area contributed by atoms with Crippen LogP contribution in [0.5, 0.6) is 0 Å². The highest BCUT2D eigenvalue weighted by Crippen LogP contribution is 2.20. The maximum Gasteiger partial charge on any atom is 0.319 e. The second-order valence-electron chi connectivity index (χ2n) is 3.53. The maximum absolute atomic E-state index is 11.5. The van der Waals surface area contributed by atoms with E-state index in [-0.39, 0.29) is 17.8 Å². The summed E-state index contributed by atoms with van der Waals surface area (Å²) in [5.74, 6) is 2.52. The topological polar surface area (TPSA) is 50.1 Å². The van der Waals surface area contributed by atoms with Crippen molar-refractivity contribution in [3.63, 3.8) is 0 Å². The van der Waals surface area contributed by atoms with Crippen LogP contribution in [-0.2, 0) is 15.3 Å². The van der Waals surface area contributed by atoms with Gasteiger partial charge in [-0.3, -0.25) is 4.79 Å². The van der Waals surface area contributed by atoms with Crippen LogP contribution >= 0.6 is 11.8 Å². The summed E-state index contributed by atoms with van der Waals surface area (Å²) >= 11 is 1.42. The molecule has 1 aromatic carbocycles. The summed E-state index contributed by atoms with van der Waals surface area (Å²) < 4.78 is 4.84. The Morgan fingerprint density at radius 2 is 2.28 bits per heavy atom. The Morgan fingerprint density at radius 1 is 1.56 bits per heavy atom. The lowest BCUT2D eigenvalue weighted by molar-refractivity contribution is -0.141. The molecule has 4 heteroatoms. The normalized spacial score (nSPS) is 11.1. The Bertz CT molecular complexity index is 499. The van der Waals surface area contributed by atoms with Crippen LogP contribution in [0.2, 0.25) is 0 Å². The summed E-state index contributed by atoms with van der Waals surface area (Å²) in [6.07, 6.45) is 5.01. The number of hydrogen-bond donors (Lipinski definition) is 0. The van der Waals surface area contributed by atoms with Crippen LogP contribution in [0.15, 0.2) is 24.3 Å². The van der Waals surface area contributed by atoms with Crippen molar-refractivity contribution in [1.29, 1.82) is 5.26 Å². The monoisotopic (exact) mass is 259 g/mol. The van der Waals surface area contributed by atoms with Crippen molar-refractivity contribution in [2.75, 3.05) is 6.61 Å². The smallest absolute Gasteiger partial charge is 0.319 e. The molecule has 0 fully saturated rings. The summed E-state index contributed by atoms with van der Waals surface area (Å²) in [6.45, 7) is 1.76.